The number of hydrogen-bond donors (Lipinski definition) is 2. The lowest BCUT2D eigenvalue weighted by Gasteiger charge is -2.24. The van der Waals surface area contributed by atoms with Crippen LogP contribution in [0.1, 0.15) is 26.3 Å². The third-order valence-electron chi connectivity index (χ3n) is 6.68. The summed E-state index contributed by atoms with van der Waals surface area (Å²) in [6.07, 6.45) is 4.07. The molecule has 9 nitrogen and oxygen atoms in total. The van der Waals surface area contributed by atoms with Crippen LogP contribution in [0, 0.1) is 5.92 Å². The first-order chi connectivity index (χ1) is 16.3. The minimum atomic E-state index is -0.674. The summed E-state index contributed by atoms with van der Waals surface area (Å²) in [5, 5.41) is 2.18. The average Bonchev–Trinajstić information content (AvgIpc) is 3.45. The summed E-state index contributed by atoms with van der Waals surface area (Å²) < 4.78 is 21.0. The van der Waals surface area contributed by atoms with Gasteiger partial charge in [-0.15, -0.1) is 0 Å². The molecule has 1 aromatic carbocycles. The molecule has 34 heavy (non-hydrogen) atoms. The number of nitrogens with two attached hydrogens (primary N) is 2. The van der Waals surface area contributed by atoms with Gasteiger partial charge in [0.2, 0.25) is 0 Å². The fraction of sp³-hybridized carbons (Fsp3) is 0.375. The standard InChI is InChI=1S/C24H25ClN6O3/c1-24(2)33-19-13(10-32-14-4-3-12-7-16(25)22(27)30-17(12)9-14)8-18(20(19)34-24)31-6-5-15-21(26)28-11-29-23(15)31/h3-7,9,11,13,18-20H,8,10H2,1-2H3,(H2,27,30)(H2,26,28,29)/t13-,18-,19-,20+/m1/s1. The van der Waals surface area contributed by atoms with Gasteiger partial charge in [0.1, 0.15) is 35.5 Å². The lowest BCUT2D eigenvalue weighted by Crippen LogP contribution is -2.29. The van der Waals surface area contributed by atoms with Crippen LogP contribution in [0.2, 0.25) is 5.02 Å². The van der Waals surface area contributed by atoms with Crippen molar-refractivity contribution in [2.75, 3.05) is 18.1 Å². The minimum Gasteiger partial charge on any atom is -0.493 e. The summed E-state index contributed by atoms with van der Waals surface area (Å²) in [7, 11) is 0. The van der Waals surface area contributed by atoms with Gasteiger partial charge >= 0.3 is 0 Å². The van der Waals surface area contributed by atoms with Gasteiger partial charge in [-0.25, -0.2) is 15.0 Å². The van der Waals surface area contributed by atoms with E-state index in [-0.39, 0.29) is 24.2 Å². The quantitative estimate of drug-likeness (QED) is 0.450. The summed E-state index contributed by atoms with van der Waals surface area (Å²) in [5.74, 6) is 0.926. The Hall–Kier alpha value is -3.14. The van der Waals surface area contributed by atoms with Gasteiger partial charge in [0.15, 0.2) is 5.79 Å². The first-order valence-corrected chi connectivity index (χ1v) is 11.6. The Morgan fingerprint density at radius 1 is 1.12 bits per heavy atom. The van der Waals surface area contributed by atoms with Crippen LogP contribution in [-0.4, -0.2) is 44.1 Å². The van der Waals surface area contributed by atoms with Crippen molar-refractivity contribution in [1.82, 2.24) is 19.5 Å². The molecule has 3 aromatic heterocycles. The van der Waals surface area contributed by atoms with E-state index in [1.54, 1.807) is 6.07 Å². The Balaban J connectivity index is 1.27. The van der Waals surface area contributed by atoms with Gasteiger partial charge in [0.05, 0.1) is 34.7 Å². The van der Waals surface area contributed by atoms with Crippen molar-refractivity contribution in [1.29, 1.82) is 0 Å². The predicted molar refractivity (Wildman–Crippen MR) is 130 cm³/mol. The van der Waals surface area contributed by atoms with Gasteiger partial charge in [-0.05, 0) is 44.5 Å². The first kappa shape index (κ1) is 21.4. The molecule has 4 N–H and O–H groups in total. The maximum absolute atomic E-state index is 6.34. The number of nitrogen functional groups attached to an aromatic ring is 2. The molecule has 1 aliphatic carbocycles. The molecule has 1 saturated carbocycles. The smallest absolute Gasteiger partial charge is 0.163 e. The van der Waals surface area contributed by atoms with Crippen molar-refractivity contribution in [2.45, 2.75) is 44.3 Å². The van der Waals surface area contributed by atoms with Crippen molar-refractivity contribution < 1.29 is 14.2 Å². The van der Waals surface area contributed by atoms with Crippen molar-refractivity contribution in [3.8, 4) is 5.75 Å². The summed E-state index contributed by atoms with van der Waals surface area (Å²) in [6.45, 7) is 4.36. The van der Waals surface area contributed by atoms with Crippen molar-refractivity contribution in [3.05, 3.63) is 47.9 Å². The van der Waals surface area contributed by atoms with E-state index in [4.69, 9.17) is 37.3 Å². The summed E-state index contributed by atoms with van der Waals surface area (Å²) in [6, 6.07) is 9.50. The SMILES string of the molecule is CC1(C)O[C@@H]2[C@@H](COc3ccc4cc(Cl)c(N)nc4c3)C[C@@H](n3ccc4c(N)ncnc43)[C@@H]2O1. The Labute approximate surface area is 201 Å². The number of anilines is 2. The molecule has 4 aromatic rings. The Bertz CT molecular complexity index is 1410. The topological polar surface area (TPSA) is 123 Å². The molecule has 1 aliphatic heterocycles. The molecule has 0 spiro atoms. The predicted octanol–water partition coefficient (Wildman–Crippen LogP) is 3.96. The lowest BCUT2D eigenvalue weighted by atomic mass is 10.1. The molecular weight excluding hydrogens is 456 g/mol. The van der Waals surface area contributed by atoms with Crippen LogP contribution >= 0.6 is 11.6 Å². The van der Waals surface area contributed by atoms with Gasteiger partial charge in [0.25, 0.3) is 0 Å². The molecule has 1 saturated heterocycles. The molecule has 2 fully saturated rings. The zero-order valence-corrected chi connectivity index (χ0v) is 19.6. The van der Waals surface area contributed by atoms with Crippen LogP contribution in [-0.2, 0) is 9.47 Å². The number of fused-ring (bicyclic) bond motifs is 3. The molecule has 0 amide bonds. The number of benzene rings is 1. The molecule has 4 heterocycles. The number of ether oxygens (including phenoxy) is 3. The van der Waals surface area contributed by atoms with Crippen molar-refractivity contribution >= 4 is 45.2 Å². The van der Waals surface area contributed by atoms with Crippen LogP contribution in [0.25, 0.3) is 21.9 Å². The summed E-state index contributed by atoms with van der Waals surface area (Å²) in [4.78, 5) is 12.9. The Kier molecular flexibility index (Phi) is 4.84. The highest BCUT2D eigenvalue weighted by atomic mass is 35.5. The molecule has 0 bridgehead atoms. The Morgan fingerprint density at radius 3 is 2.79 bits per heavy atom. The molecule has 0 radical (unpaired) electrons. The lowest BCUT2D eigenvalue weighted by molar-refractivity contribution is -0.161. The summed E-state index contributed by atoms with van der Waals surface area (Å²) >= 11 is 6.09. The second-order valence-electron chi connectivity index (χ2n) is 9.37. The highest BCUT2D eigenvalue weighted by Gasteiger charge is 2.55. The molecule has 10 heteroatoms. The number of halogens is 1. The third kappa shape index (κ3) is 3.51. The van der Waals surface area contributed by atoms with Crippen LogP contribution < -0.4 is 16.2 Å². The first-order valence-electron chi connectivity index (χ1n) is 11.2. The zero-order chi connectivity index (χ0) is 23.6. The van der Waals surface area contributed by atoms with Crippen molar-refractivity contribution in [3.63, 3.8) is 0 Å². The largest absolute Gasteiger partial charge is 0.493 e. The second kappa shape index (κ2) is 7.69. The second-order valence-corrected chi connectivity index (χ2v) is 9.78. The molecule has 176 valence electrons. The molecule has 6 rings (SSSR count). The maximum atomic E-state index is 6.34. The highest BCUT2D eigenvalue weighted by molar-refractivity contribution is 6.33. The van der Waals surface area contributed by atoms with E-state index in [2.05, 4.69) is 19.5 Å². The van der Waals surface area contributed by atoms with E-state index >= 15 is 0 Å². The number of nitrogens with zero attached hydrogens (tertiary/aromatic N) is 4. The number of aromatic nitrogens is 4. The highest BCUT2D eigenvalue weighted by Crippen LogP contribution is 2.48. The van der Waals surface area contributed by atoms with Gasteiger partial charge in [0, 0.05) is 23.6 Å². The minimum absolute atomic E-state index is 0.0346. The fourth-order valence-corrected chi connectivity index (χ4v) is 5.34. The fourth-order valence-electron chi connectivity index (χ4n) is 5.18. The van der Waals surface area contributed by atoms with Crippen molar-refractivity contribution in [2.24, 2.45) is 5.92 Å². The molecular formula is C24H25ClN6O3. The van der Waals surface area contributed by atoms with Gasteiger partial charge < -0.3 is 30.2 Å². The maximum Gasteiger partial charge on any atom is 0.163 e. The van der Waals surface area contributed by atoms with Gasteiger partial charge in [-0.3, -0.25) is 0 Å². The van der Waals surface area contributed by atoms with E-state index in [1.165, 1.54) is 6.33 Å². The molecule has 4 atom stereocenters. The average molecular weight is 481 g/mol. The monoisotopic (exact) mass is 480 g/mol. The van der Waals surface area contributed by atoms with Crippen LogP contribution in [0.5, 0.6) is 5.75 Å². The van der Waals surface area contributed by atoms with E-state index in [0.717, 1.165) is 28.4 Å². The number of hydrogen-bond acceptors (Lipinski definition) is 8. The van der Waals surface area contributed by atoms with Gasteiger partial charge in [-0.1, -0.05) is 11.6 Å². The van der Waals surface area contributed by atoms with E-state index in [9.17, 15) is 0 Å². The van der Waals surface area contributed by atoms with Crippen LogP contribution in [0.4, 0.5) is 11.6 Å². The normalized spacial score (nSPS) is 25.7. The van der Waals surface area contributed by atoms with E-state index < -0.39 is 5.79 Å². The summed E-state index contributed by atoms with van der Waals surface area (Å²) in [5.41, 5.74) is 13.5. The number of rotatable bonds is 4. The van der Waals surface area contributed by atoms with Crippen LogP contribution in [0.3, 0.4) is 0 Å². The van der Waals surface area contributed by atoms with Gasteiger partial charge in [-0.2, -0.15) is 0 Å². The van der Waals surface area contributed by atoms with Crippen LogP contribution in [0.15, 0.2) is 42.9 Å². The molecule has 0 unspecified atom stereocenters. The molecule has 2 aliphatic rings. The Morgan fingerprint density at radius 2 is 1.94 bits per heavy atom. The zero-order valence-electron chi connectivity index (χ0n) is 18.8. The third-order valence-corrected chi connectivity index (χ3v) is 6.99. The van der Waals surface area contributed by atoms with E-state index in [0.29, 0.717) is 29.0 Å². The van der Waals surface area contributed by atoms with E-state index in [1.807, 2.05) is 44.3 Å². The number of pyridine rings is 1.